The molecule has 0 saturated heterocycles. The highest BCUT2D eigenvalue weighted by atomic mass is 16.7. The van der Waals surface area contributed by atoms with E-state index in [1.165, 1.54) is 12.1 Å². The molecule has 0 amide bonds. The van der Waals surface area contributed by atoms with Gasteiger partial charge < -0.3 is 19.9 Å². The number of rotatable bonds is 2. The highest BCUT2D eigenvalue weighted by molar-refractivity contribution is 6.00. The first-order valence-electron chi connectivity index (χ1n) is 8.63. The lowest BCUT2D eigenvalue weighted by Gasteiger charge is -2.37. The Labute approximate surface area is 160 Å². The summed E-state index contributed by atoms with van der Waals surface area (Å²) in [4.78, 5) is 24.1. The average molecular weight is 383 g/mol. The number of ether oxygens (including phenoxy) is 3. The number of nitriles is 1. The molecule has 3 aliphatic rings. The minimum absolute atomic E-state index is 0.0335. The highest BCUT2D eigenvalue weighted by Gasteiger charge is 2.45. The Balaban J connectivity index is 1.97. The van der Waals surface area contributed by atoms with Crippen LogP contribution in [0.3, 0.4) is 0 Å². The minimum atomic E-state index is -0.993. The SMILES string of the molecule is CC1(C)CC(=O)C2=C(C1)OC(N)=C(C#N)[C@@H]2c1cc2c(cc1[N+](=O)[O-])OCO2. The molecule has 1 aromatic carbocycles. The third-order valence-corrected chi connectivity index (χ3v) is 5.11. The molecule has 4 rings (SSSR count). The summed E-state index contributed by atoms with van der Waals surface area (Å²) in [5.74, 6) is -0.453. The van der Waals surface area contributed by atoms with Crippen molar-refractivity contribution in [3.8, 4) is 17.6 Å². The second-order valence-electron chi connectivity index (χ2n) is 7.72. The van der Waals surface area contributed by atoms with Gasteiger partial charge in [-0.3, -0.25) is 14.9 Å². The molecule has 0 saturated carbocycles. The number of benzene rings is 1. The molecular formula is C19H17N3O6. The Kier molecular flexibility index (Phi) is 3.82. The molecule has 1 atom stereocenters. The van der Waals surface area contributed by atoms with Gasteiger partial charge in [0.2, 0.25) is 12.7 Å². The van der Waals surface area contributed by atoms with Crippen molar-refractivity contribution in [1.82, 2.24) is 0 Å². The van der Waals surface area contributed by atoms with Crippen LogP contribution in [0, 0.1) is 26.9 Å². The van der Waals surface area contributed by atoms with Gasteiger partial charge in [-0.15, -0.1) is 0 Å². The van der Waals surface area contributed by atoms with E-state index < -0.39 is 10.8 Å². The van der Waals surface area contributed by atoms with Crippen LogP contribution < -0.4 is 15.2 Å². The molecule has 0 aromatic heterocycles. The number of Topliss-reactive ketones (excluding diaryl/α,β-unsaturated/α-hetero) is 1. The lowest BCUT2D eigenvalue weighted by molar-refractivity contribution is -0.385. The third kappa shape index (κ3) is 2.65. The summed E-state index contributed by atoms with van der Waals surface area (Å²) in [6.07, 6.45) is 0.672. The number of carbonyl (C=O) groups excluding carboxylic acids is 1. The standard InChI is InChI=1S/C19H17N3O6/c1-19(2)5-12(23)17-15(6-19)28-18(21)10(7-20)16(17)9-3-13-14(27-8-26-13)4-11(9)22(24)25/h3-4,16H,5-6,8,21H2,1-2H3/t16-/m0/s1. The van der Waals surface area contributed by atoms with Crippen LogP contribution in [0.5, 0.6) is 11.5 Å². The Morgan fingerprint density at radius 2 is 1.96 bits per heavy atom. The minimum Gasteiger partial charge on any atom is -0.454 e. The maximum atomic E-state index is 13.0. The van der Waals surface area contributed by atoms with E-state index in [0.29, 0.717) is 17.9 Å². The first kappa shape index (κ1) is 17.9. The fraction of sp³-hybridized carbons (Fsp3) is 0.368. The van der Waals surface area contributed by atoms with E-state index in [9.17, 15) is 20.2 Å². The highest BCUT2D eigenvalue weighted by Crippen LogP contribution is 2.51. The molecule has 0 fully saturated rings. The van der Waals surface area contributed by atoms with Gasteiger partial charge in [-0.1, -0.05) is 13.8 Å². The topological polar surface area (TPSA) is 138 Å². The zero-order chi connectivity index (χ0) is 20.2. The van der Waals surface area contributed by atoms with Crippen molar-refractivity contribution in [2.24, 2.45) is 11.1 Å². The Morgan fingerprint density at radius 3 is 2.61 bits per heavy atom. The number of hydrogen-bond donors (Lipinski definition) is 1. The molecule has 1 aliphatic carbocycles. The van der Waals surface area contributed by atoms with Gasteiger partial charge in [-0.05, 0) is 11.5 Å². The quantitative estimate of drug-likeness (QED) is 0.608. The Bertz CT molecular complexity index is 1030. The molecule has 0 unspecified atom stereocenters. The zero-order valence-electron chi connectivity index (χ0n) is 15.3. The summed E-state index contributed by atoms with van der Waals surface area (Å²) in [5, 5.41) is 21.4. The first-order valence-corrected chi connectivity index (χ1v) is 8.63. The number of hydrogen-bond acceptors (Lipinski definition) is 8. The number of allylic oxidation sites excluding steroid dienone is 3. The molecule has 0 spiro atoms. The molecule has 0 radical (unpaired) electrons. The summed E-state index contributed by atoms with van der Waals surface area (Å²) in [6.45, 7) is 3.79. The van der Waals surface area contributed by atoms with Crippen LogP contribution in [0.1, 0.15) is 38.2 Å². The fourth-order valence-electron chi connectivity index (χ4n) is 3.93. The number of nitrogens with zero attached hydrogens (tertiary/aromatic N) is 2. The summed E-state index contributed by atoms with van der Waals surface area (Å²) in [6, 6.07) is 4.65. The number of nitrogens with two attached hydrogens (primary N) is 1. The zero-order valence-corrected chi connectivity index (χ0v) is 15.3. The van der Waals surface area contributed by atoms with Crippen LogP contribution in [-0.4, -0.2) is 17.5 Å². The second kappa shape index (κ2) is 5.99. The van der Waals surface area contributed by atoms with Gasteiger partial charge in [0, 0.05) is 24.0 Å². The van der Waals surface area contributed by atoms with Crippen LogP contribution in [0.15, 0.2) is 34.9 Å². The van der Waals surface area contributed by atoms with Gasteiger partial charge in [-0.2, -0.15) is 5.26 Å². The Morgan fingerprint density at radius 1 is 1.29 bits per heavy atom. The first-order chi connectivity index (χ1) is 13.2. The summed E-state index contributed by atoms with van der Waals surface area (Å²) in [5.41, 5.74) is 5.70. The van der Waals surface area contributed by atoms with Crippen molar-refractivity contribution in [3.63, 3.8) is 0 Å². The van der Waals surface area contributed by atoms with E-state index >= 15 is 0 Å². The fourth-order valence-corrected chi connectivity index (χ4v) is 3.93. The average Bonchev–Trinajstić information content (AvgIpc) is 3.05. The number of nitro benzene ring substituents is 1. The predicted octanol–water partition coefficient (Wildman–Crippen LogP) is 2.77. The van der Waals surface area contributed by atoms with E-state index in [1.807, 2.05) is 19.9 Å². The lowest BCUT2D eigenvalue weighted by Crippen LogP contribution is -2.33. The normalized spacial score (nSPS) is 22.5. The molecule has 2 N–H and O–H groups in total. The third-order valence-electron chi connectivity index (χ3n) is 5.11. The smallest absolute Gasteiger partial charge is 0.277 e. The predicted molar refractivity (Wildman–Crippen MR) is 94.9 cm³/mol. The molecular weight excluding hydrogens is 366 g/mol. The molecule has 9 heteroatoms. The van der Waals surface area contributed by atoms with E-state index in [4.69, 9.17) is 19.9 Å². The maximum Gasteiger partial charge on any atom is 0.277 e. The summed E-state index contributed by atoms with van der Waals surface area (Å²) < 4.78 is 16.2. The van der Waals surface area contributed by atoms with Crippen molar-refractivity contribution in [3.05, 3.63) is 50.6 Å². The van der Waals surface area contributed by atoms with Gasteiger partial charge in [0.25, 0.3) is 5.69 Å². The molecule has 0 bridgehead atoms. The molecule has 2 heterocycles. The molecule has 1 aromatic rings. The van der Waals surface area contributed by atoms with E-state index in [1.54, 1.807) is 0 Å². The molecule has 2 aliphatic heterocycles. The number of nitro groups is 1. The lowest BCUT2D eigenvalue weighted by atomic mass is 9.70. The van der Waals surface area contributed by atoms with Gasteiger partial charge >= 0.3 is 0 Å². The van der Waals surface area contributed by atoms with Gasteiger partial charge in [-0.25, -0.2) is 0 Å². The number of ketones is 1. The maximum absolute atomic E-state index is 13.0. The molecule has 28 heavy (non-hydrogen) atoms. The van der Waals surface area contributed by atoms with Crippen LogP contribution in [0.25, 0.3) is 0 Å². The van der Waals surface area contributed by atoms with Crippen molar-refractivity contribution >= 4 is 11.5 Å². The largest absolute Gasteiger partial charge is 0.454 e. The molecule has 9 nitrogen and oxygen atoms in total. The van der Waals surface area contributed by atoms with Crippen molar-refractivity contribution in [1.29, 1.82) is 5.26 Å². The molecule has 144 valence electrons. The van der Waals surface area contributed by atoms with Gasteiger partial charge in [0.15, 0.2) is 17.3 Å². The van der Waals surface area contributed by atoms with Gasteiger partial charge in [0.05, 0.1) is 16.9 Å². The van der Waals surface area contributed by atoms with Crippen LogP contribution >= 0.6 is 0 Å². The number of fused-ring (bicyclic) bond motifs is 1. The summed E-state index contributed by atoms with van der Waals surface area (Å²) >= 11 is 0. The van der Waals surface area contributed by atoms with Crippen molar-refractivity contribution in [2.75, 3.05) is 6.79 Å². The van der Waals surface area contributed by atoms with E-state index in [-0.39, 0.29) is 58.4 Å². The van der Waals surface area contributed by atoms with Crippen LogP contribution in [0.2, 0.25) is 0 Å². The Hall–Kier alpha value is -3.54. The van der Waals surface area contributed by atoms with E-state index in [2.05, 4.69) is 0 Å². The number of carbonyl (C=O) groups is 1. The van der Waals surface area contributed by atoms with E-state index in [0.717, 1.165) is 0 Å². The van der Waals surface area contributed by atoms with Crippen molar-refractivity contribution < 1.29 is 23.9 Å². The monoisotopic (exact) mass is 383 g/mol. The van der Waals surface area contributed by atoms with Crippen molar-refractivity contribution in [2.45, 2.75) is 32.6 Å². The van der Waals surface area contributed by atoms with Crippen LogP contribution in [0.4, 0.5) is 5.69 Å². The van der Waals surface area contributed by atoms with Crippen LogP contribution in [-0.2, 0) is 9.53 Å². The second-order valence-corrected chi connectivity index (χ2v) is 7.72. The summed E-state index contributed by atoms with van der Waals surface area (Å²) in [7, 11) is 0. The van der Waals surface area contributed by atoms with Gasteiger partial charge in [0.1, 0.15) is 17.4 Å².